The molecule has 3 heterocycles. The molecule has 25 heavy (non-hydrogen) atoms. The first-order valence-electron chi connectivity index (χ1n) is 9.05. The molecule has 2 aromatic rings. The number of H-pyrrole nitrogens is 1. The second-order valence-corrected chi connectivity index (χ2v) is 8.36. The largest absolute Gasteiger partial charge is 0.361 e. The van der Waals surface area contributed by atoms with Gasteiger partial charge in [0.25, 0.3) is 5.56 Å². The fraction of sp³-hybridized carbons (Fsp3) is 0.611. The lowest BCUT2D eigenvalue weighted by atomic mass is 10.0. The maximum atomic E-state index is 12.8. The number of aromatic nitrogens is 3. The summed E-state index contributed by atoms with van der Waals surface area (Å²) in [5.74, 6) is 1.58. The Balaban J connectivity index is 1.84. The Hall–Kier alpha value is -1.76. The minimum absolute atomic E-state index is 0.0343. The van der Waals surface area contributed by atoms with E-state index in [-0.39, 0.29) is 10.8 Å². The highest BCUT2D eigenvalue weighted by atomic mass is 32.2. The first-order valence-corrected chi connectivity index (χ1v) is 9.93. The highest BCUT2D eigenvalue weighted by Crippen LogP contribution is 2.46. The van der Waals surface area contributed by atoms with Crippen LogP contribution in [0.1, 0.15) is 79.3 Å². The molecule has 0 saturated heterocycles. The Labute approximate surface area is 151 Å². The average molecular weight is 360 g/mol. The predicted octanol–water partition coefficient (Wildman–Crippen LogP) is 4.56. The van der Waals surface area contributed by atoms with Crippen molar-refractivity contribution < 1.29 is 4.52 Å². The maximum absolute atomic E-state index is 12.8. The summed E-state index contributed by atoms with van der Waals surface area (Å²) in [4.78, 5) is 17.6. The number of nitrogens with zero attached hydrogens (tertiary/aromatic N) is 3. The van der Waals surface area contributed by atoms with Crippen molar-refractivity contribution in [2.24, 2.45) is 4.99 Å². The fourth-order valence-electron chi connectivity index (χ4n) is 4.06. The zero-order chi connectivity index (χ0) is 17.6. The molecule has 0 bridgehead atoms. The van der Waals surface area contributed by atoms with Gasteiger partial charge >= 0.3 is 0 Å². The molecule has 1 saturated carbocycles. The quantitative estimate of drug-likeness (QED) is 0.796. The molecule has 1 aliphatic heterocycles. The van der Waals surface area contributed by atoms with Crippen LogP contribution in [0, 0.1) is 13.8 Å². The molecule has 0 spiro atoms. The number of hydrogen-bond acceptors (Lipinski definition) is 5. The lowest BCUT2D eigenvalue weighted by Gasteiger charge is -2.23. The van der Waals surface area contributed by atoms with E-state index in [0.29, 0.717) is 6.04 Å². The Morgan fingerprint density at radius 3 is 2.48 bits per heavy atom. The third-order valence-corrected chi connectivity index (χ3v) is 6.43. The van der Waals surface area contributed by atoms with E-state index in [1.165, 1.54) is 25.7 Å². The van der Waals surface area contributed by atoms with E-state index in [4.69, 9.17) is 9.52 Å². The number of hydrogen-bond donors (Lipinski definition) is 1. The molecule has 2 aromatic heterocycles. The molecule has 0 aromatic carbocycles. The van der Waals surface area contributed by atoms with Crippen molar-refractivity contribution in [1.82, 2.24) is 14.9 Å². The number of nitrogens with one attached hydrogen (secondary N) is 1. The molecule has 4 rings (SSSR count). The molecule has 1 fully saturated rings. The Morgan fingerprint density at radius 2 is 1.84 bits per heavy atom. The van der Waals surface area contributed by atoms with E-state index >= 15 is 0 Å². The second kappa shape index (κ2) is 6.52. The molecule has 7 heteroatoms. The normalized spacial score (nSPS) is 21.7. The first kappa shape index (κ1) is 16.7. The Kier molecular flexibility index (Phi) is 4.35. The molecule has 0 radical (unpaired) electrons. The van der Waals surface area contributed by atoms with Crippen LogP contribution in [0.15, 0.2) is 14.3 Å². The van der Waals surface area contributed by atoms with E-state index < -0.39 is 0 Å². The SMILES string of the molecule is CC1=Nc2c(c(=O)[nH]n2C2CCCCCC2)[C@H](c2c(C)noc2C)S1. The standard InChI is InChI=1S/C18H24N4O2S/c1-10-14(11(2)24-21-10)16-15-17(19-12(3)25-16)22(20-18(15)23)13-8-6-4-5-7-9-13/h13,16H,4-9H2,1-3H3,(H,20,23)/t16-/m0/s1. The topological polar surface area (TPSA) is 76.2 Å². The maximum Gasteiger partial charge on any atom is 0.271 e. The van der Waals surface area contributed by atoms with E-state index in [1.807, 2.05) is 25.5 Å². The third kappa shape index (κ3) is 2.88. The van der Waals surface area contributed by atoms with Gasteiger partial charge in [-0.15, -0.1) is 0 Å². The van der Waals surface area contributed by atoms with Gasteiger partial charge in [-0.05, 0) is 33.6 Å². The number of aliphatic imine (C=N–C) groups is 1. The predicted molar refractivity (Wildman–Crippen MR) is 100.0 cm³/mol. The van der Waals surface area contributed by atoms with Gasteiger partial charge in [-0.2, -0.15) is 0 Å². The second-order valence-electron chi connectivity index (χ2n) is 7.06. The molecule has 134 valence electrons. The van der Waals surface area contributed by atoms with Crippen LogP contribution in [0.5, 0.6) is 0 Å². The summed E-state index contributed by atoms with van der Waals surface area (Å²) < 4.78 is 7.40. The van der Waals surface area contributed by atoms with Crippen LogP contribution in [0.2, 0.25) is 0 Å². The summed E-state index contributed by atoms with van der Waals surface area (Å²) in [6.45, 7) is 5.85. The molecule has 2 aliphatic rings. The molecule has 1 aliphatic carbocycles. The average Bonchev–Trinajstić information content (AvgIpc) is 2.94. The number of fused-ring (bicyclic) bond motifs is 1. The van der Waals surface area contributed by atoms with E-state index in [1.54, 1.807) is 11.8 Å². The van der Waals surface area contributed by atoms with Gasteiger partial charge in [0.2, 0.25) is 0 Å². The minimum atomic E-state index is -0.102. The fourth-order valence-corrected chi connectivity index (χ4v) is 5.32. The third-order valence-electron chi connectivity index (χ3n) is 5.29. The van der Waals surface area contributed by atoms with Gasteiger partial charge in [0.15, 0.2) is 5.82 Å². The van der Waals surface area contributed by atoms with Crippen LogP contribution in [0.25, 0.3) is 0 Å². The summed E-state index contributed by atoms with van der Waals surface area (Å²) >= 11 is 1.61. The lowest BCUT2D eigenvalue weighted by molar-refractivity contribution is 0.392. The molecule has 1 N–H and O–H groups in total. The number of rotatable bonds is 2. The summed E-state index contributed by atoms with van der Waals surface area (Å²) in [6.07, 6.45) is 7.20. The van der Waals surface area contributed by atoms with Crippen molar-refractivity contribution in [3.8, 4) is 0 Å². The van der Waals surface area contributed by atoms with Gasteiger partial charge in [0.05, 0.1) is 27.6 Å². The van der Waals surface area contributed by atoms with Crippen molar-refractivity contribution in [1.29, 1.82) is 0 Å². The van der Waals surface area contributed by atoms with E-state index in [2.05, 4.69) is 10.3 Å². The zero-order valence-corrected chi connectivity index (χ0v) is 15.8. The number of thioether (sulfide) groups is 1. The number of aromatic amines is 1. The van der Waals surface area contributed by atoms with Crippen LogP contribution in [-0.4, -0.2) is 20.0 Å². The van der Waals surface area contributed by atoms with Gasteiger partial charge < -0.3 is 4.52 Å². The van der Waals surface area contributed by atoms with Gasteiger partial charge in [0.1, 0.15) is 5.76 Å². The van der Waals surface area contributed by atoms with Crippen LogP contribution in [-0.2, 0) is 0 Å². The van der Waals surface area contributed by atoms with Gasteiger partial charge in [-0.25, -0.2) is 4.99 Å². The van der Waals surface area contributed by atoms with Crippen molar-refractivity contribution in [2.45, 2.75) is 70.6 Å². The number of aryl methyl sites for hydroxylation is 2. The highest BCUT2D eigenvalue weighted by molar-refractivity contribution is 8.14. The van der Waals surface area contributed by atoms with Crippen LogP contribution < -0.4 is 5.56 Å². The zero-order valence-electron chi connectivity index (χ0n) is 15.0. The van der Waals surface area contributed by atoms with Gasteiger partial charge in [0, 0.05) is 5.56 Å². The summed E-state index contributed by atoms with van der Waals surface area (Å²) in [5.41, 5.74) is 2.56. The summed E-state index contributed by atoms with van der Waals surface area (Å²) in [7, 11) is 0. The molecule has 6 nitrogen and oxygen atoms in total. The summed E-state index contributed by atoms with van der Waals surface area (Å²) in [6, 6.07) is 0.337. The molecule has 0 unspecified atom stereocenters. The van der Waals surface area contributed by atoms with Gasteiger partial charge in [-0.1, -0.05) is 42.6 Å². The van der Waals surface area contributed by atoms with Crippen molar-refractivity contribution in [3.63, 3.8) is 0 Å². The minimum Gasteiger partial charge on any atom is -0.361 e. The monoisotopic (exact) mass is 360 g/mol. The van der Waals surface area contributed by atoms with Crippen LogP contribution in [0.3, 0.4) is 0 Å². The van der Waals surface area contributed by atoms with Crippen LogP contribution >= 0.6 is 11.8 Å². The Bertz CT molecular complexity index is 849. The molecule has 0 amide bonds. The first-order chi connectivity index (χ1) is 12.1. The molecular formula is C18H24N4O2S. The molecule has 1 atom stereocenters. The van der Waals surface area contributed by atoms with Crippen molar-refractivity contribution >= 4 is 22.6 Å². The van der Waals surface area contributed by atoms with Crippen molar-refractivity contribution in [2.75, 3.05) is 0 Å². The van der Waals surface area contributed by atoms with E-state index in [0.717, 1.165) is 46.3 Å². The molecular weight excluding hydrogens is 336 g/mol. The van der Waals surface area contributed by atoms with Gasteiger partial charge in [-0.3, -0.25) is 14.6 Å². The Morgan fingerprint density at radius 1 is 1.12 bits per heavy atom. The smallest absolute Gasteiger partial charge is 0.271 e. The lowest BCUT2D eigenvalue weighted by Crippen LogP contribution is -2.14. The van der Waals surface area contributed by atoms with Crippen molar-refractivity contribution in [3.05, 3.63) is 32.9 Å². The van der Waals surface area contributed by atoms with Crippen LogP contribution in [0.4, 0.5) is 5.82 Å². The van der Waals surface area contributed by atoms with E-state index in [9.17, 15) is 4.79 Å². The highest BCUT2D eigenvalue weighted by Gasteiger charge is 2.35. The summed E-state index contributed by atoms with van der Waals surface area (Å²) in [5, 5.41) is 8.04.